The van der Waals surface area contributed by atoms with Gasteiger partial charge in [-0.25, -0.2) is 4.79 Å². The highest BCUT2D eigenvalue weighted by Gasteiger charge is 2.45. The highest BCUT2D eigenvalue weighted by atomic mass is 79.9. The third-order valence-corrected chi connectivity index (χ3v) is 4.29. The minimum atomic E-state index is -3.64. The summed E-state index contributed by atoms with van der Waals surface area (Å²) in [4.78, 5) is 24.9. The molecule has 2 rings (SSSR count). The largest absolute Gasteiger partial charge is 0.462 e. The topological polar surface area (TPSA) is 46.6 Å². The molecule has 0 radical (unpaired) electrons. The smallest absolute Gasteiger partial charge is 0.377 e. The van der Waals surface area contributed by atoms with Gasteiger partial charge >= 0.3 is 11.9 Å². The van der Waals surface area contributed by atoms with Crippen molar-refractivity contribution in [1.29, 1.82) is 0 Å². The van der Waals surface area contributed by atoms with Crippen LogP contribution in [0.25, 0.3) is 0 Å². The first kappa shape index (κ1) is 17.8. The molecule has 0 saturated carbocycles. The minimum Gasteiger partial charge on any atom is -0.462 e. The second-order valence-electron chi connectivity index (χ2n) is 5.39. The number of hydrogen-bond acceptors (Lipinski definition) is 3. The molecular weight excluding hydrogens is 372 g/mol. The van der Waals surface area contributed by atoms with Gasteiger partial charge in [0, 0.05) is 23.9 Å². The molecule has 0 bridgehead atoms. The van der Waals surface area contributed by atoms with Crippen molar-refractivity contribution in [3.63, 3.8) is 0 Å². The molecule has 1 saturated heterocycles. The average Bonchev–Trinajstić information content (AvgIpc) is 2.92. The molecule has 1 aliphatic rings. The summed E-state index contributed by atoms with van der Waals surface area (Å²) in [5.41, 5.74) is 0.576. The summed E-state index contributed by atoms with van der Waals surface area (Å²) < 4.78 is 33.6. The quantitative estimate of drug-likeness (QED) is 0.696. The number of rotatable bonds is 6. The van der Waals surface area contributed by atoms with Crippen LogP contribution in [0, 0.1) is 0 Å². The molecule has 1 aromatic carbocycles. The average molecular weight is 390 g/mol. The standard InChI is InChI=1S/C16H18BrF2NO3/c1-2-23-15(22)16(18,19)10-13(20-9-3-4-14(20)21)11-5-7-12(17)8-6-11/h5-8,13H,2-4,9-10H2,1H3. The normalized spacial score (nSPS) is 16.5. The lowest BCUT2D eigenvalue weighted by Gasteiger charge is -2.30. The van der Waals surface area contributed by atoms with E-state index >= 15 is 0 Å². The van der Waals surface area contributed by atoms with Gasteiger partial charge in [0.1, 0.15) is 0 Å². The molecule has 1 unspecified atom stereocenters. The second-order valence-corrected chi connectivity index (χ2v) is 6.30. The van der Waals surface area contributed by atoms with E-state index in [1.807, 2.05) is 0 Å². The Morgan fingerprint density at radius 1 is 1.39 bits per heavy atom. The number of ether oxygens (including phenoxy) is 1. The zero-order valence-electron chi connectivity index (χ0n) is 12.7. The van der Waals surface area contributed by atoms with Gasteiger partial charge in [-0.3, -0.25) is 4.79 Å². The van der Waals surface area contributed by atoms with E-state index in [1.54, 1.807) is 24.3 Å². The highest BCUT2D eigenvalue weighted by molar-refractivity contribution is 9.10. The fraction of sp³-hybridized carbons (Fsp3) is 0.500. The summed E-state index contributed by atoms with van der Waals surface area (Å²) >= 11 is 3.29. The lowest BCUT2D eigenvalue weighted by Crippen LogP contribution is -2.39. The van der Waals surface area contributed by atoms with Crippen molar-refractivity contribution in [3.8, 4) is 0 Å². The molecule has 1 atom stereocenters. The van der Waals surface area contributed by atoms with Gasteiger partial charge in [-0.2, -0.15) is 8.78 Å². The predicted molar refractivity (Wildman–Crippen MR) is 84.0 cm³/mol. The van der Waals surface area contributed by atoms with E-state index in [0.717, 1.165) is 4.47 Å². The molecule has 1 aromatic rings. The number of amides is 1. The second kappa shape index (κ2) is 7.38. The van der Waals surface area contributed by atoms with Gasteiger partial charge in [-0.05, 0) is 31.0 Å². The zero-order chi connectivity index (χ0) is 17.0. The third-order valence-electron chi connectivity index (χ3n) is 3.76. The van der Waals surface area contributed by atoms with Gasteiger partial charge in [-0.1, -0.05) is 28.1 Å². The fourth-order valence-electron chi connectivity index (χ4n) is 2.65. The van der Waals surface area contributed by atoms with Crippen molar-refractivity contribution >= 4 is 27.8 Å². The number of carbonyl (C=O) groups is 2. The molecule has 7 heteroatoms. The molecule has 4 nitrogen and oxygen atoms in total. The predicted octanol–water partition coefficient (Wildman–Crippen LogP) is 3.70. The van der Waals surface area contributed by atoms with Crippen LogP contribution in [0.3, 0.4) is 0 Å². The minimum absolute atomic E-state index is 0.111. The van der Waals surface area contributed by atoms with E-state index in [-0.39, 0.29) is 12.5 Å². The Hall–Kier alpha value is -1.50. The van der Waals surface area contributed by atoms with Crippen molar-refractivity contribution in [3.05, 3.63) is 34.3 Å². The van der Waals surface area contributed by atoms with Crippen LogP contribution in [0.2, 0.25) is 0 Å². The van der Waals surface area contributed by atoms with Crippen LogP contribution in [0.5, 0.6) is 0 Å². The summed E-state index contributed by atoms with van der Waals surface area (Å²) in [6.45, 7) is 1.78. The molecule has 126 valence electrons. The summed E-state index contributed by atoms with van der Waals surface area (Å²) in [5.74, 6) is -5.36. The van der Waals surface area contributed by atoms with Crippen LogP contribution in [0.1, 0.15) is 37.8 Å². The number of alkyl halides is 2. The number of nitrogens with zero attached hydrogens (tertiary/aromatic N) is 1. The van der Waals surface area contributed by atoms with Gasteiger partial charge in [0.2, 0.25) is 5.91 Å². The Labute approximate surface area is 141 Å². The van der Waals surface area contributed by atoms with Gasteiger partial charge < -0.3 is 9.64 Å². The molecule has 0 N–H and O–H groups in total. The summed E-state index contributed by atoms with van der Waals surface area (Å²) in [5, 5.41) is 0. The van der Waals surface area contributed by atoms with E-state index < -0.39 is 24.4 Å². The van der Waals surface area contributed by atoms with E-state index in [2.05, 4.69) is 20.7 Å². The molecule has 1 fully saturated rings. The Balaban J connectivity index is 2.28. The van der Waals surface area contributed by atoms with Crippen LogP contribution in [-0.2, 0) is 14.3 Å². The maximum absolute atomic E-state index is 14.2. The number of esters is 1. The van der Waals surface area contributed by atoms with Crippen molar-refractivity contribution in [2.45, 2.75) is 38.2 Å². The lowest BCUT2D eigenvalue weighted by atomic mass is 9.98. The fourth-order valence-corrected chi connectivity index (χ4v) is 2.92. The third kappa shape index (κ3) is 4.28. The number of hydrogen-bond donors (Lipinski definition) is 0. The molecule has 1 aliphatic heterocycles. The molecular formula is C16H18BrF2NO3. The van der Waals surface area contributed by atoms with Crippen LogP contribution in [0.15, 0.2) is 28.7 Å². The summed E-state index contributed by atoms with van der Waals surface area (Å²) in [7, 11) is 0. The number of halogens is 3. The van der Waals surface area contributed by atoms with Gasteiger partial charge in [0.05, 0.1) is 12.6 Å². The van der Waals surface area contributed by atoms with Crippen LogP contribution >= 0.6 is 15.9 Å². The Morgan fingerprint density at radius 3 is 2.57 bits per heavy atom. The number of likely N-dealkylation sites (tertiary alicyclic amines) is 1. The SMILES string of the molecule is CCOC(=O)C(F)(F)CC(c1ccc(Br)cc1)N1CCCC1=O. The molecule has 1 heterocycles. The van der Waals surface area contributed by atoms with E-state index in [4.69, 9.17) is 0 Å². The van der Waals surface area contributed by atoms with Crippen LogP contribution < -0.4 is 0 Å². The van der Waals surface area contributed by atoms with Crippen LogP contribution in [-0.4, -0.2) is 35.9 Å². The summed E-state index contributed by atoms with van der Waals surface area (Å²) in [6, 6.07) is 5.97. The Kier molecular flexibility index (Phi) is 5.73. The molecule has 23 heavy (non-hydrogen) atoms. The first-order valence-corrected chi connectivity index (χ1v) is 8.24. The molecule has 0 spiro atoms. The Bertz CT molecular complexity index is 577. The highest BCUT2D eigenvalue weighted by Crippen LogP contribution is 2.36. The Morgan fingerprint density at radius 2 is 2.04 bits per heavy atom. The monoisotopic (exact) mass is 389 g/mol. The maximum Gasteiger partial charge on any atom is 0.377 e. The van der Waals surface area contributed by atoms with E-state index in [9.17, 15) is 18.4 Å². The van der Waals surface area contributed by atoms with Gasteiger partial charge in [-0.15, -0.1) is 0 Å². The lowest BCUT2D eigenvalue weighted by molar-refractivity contribution is -0.175. The molecule has 0 aromatic heterocycles. The first-order valence-electron chi connectivity index (χ1n) is 7.45. The number of benzene rings is 1. The van der Waals surface area contributed by atoms with E-state index in [0.29, 0.717) is 24.9 Å². The van der Waals surface area contributed by atoms with Crippen molar-refractivity contribution in [2.24, 2.45) is 0 Å². The van der Waals surface area contributed by atoms with Gasteiger partial charge in [0.15, 0.2) is 0 Å². The maximum atomic E-state index is 14.2. The summed E-state index contributed by atoms with van der Waals surface area (Å²) in [6.07, 6.45) is 0.202. The molecule has 1 amide bonds. The molecule has 0 aliphatic carbocycles. The van der Waals surface area contributed by atoms with Gasteiger partial charge in [0.25, 0.3) is 0 Å². The van der Waals surface area contributed by atoms with E-state index in [1.165, 1.54) is 11.8 Å². The zero-order valence-corrected chi connectivity index (χ0v) is 14.3. The van der Waals surface area contributed by atoms with Crippen molar-refractivity contribution in [2.75, 3.05) is 13.2 Å². The number of carbonyl (C=O) groups excluding carboxylic acids is 2. The first-order chi connectivity index (χ1) is 10.8. The van der Waals surface area contributed by atoms with Crippen LogP contribution in [0.4, 0.5) is 8.78 Å². The van der Waals surface area contributed by atoms with Crippen molar-refractivity contribution in [1.82, 2.24) is 4.90 Å². The van der Waals surface area contributed by atoms with Crippen molar-refractivity contribution < 1.29 is 23.1 Å².